The van der Waals surface area contributed by atoms with Gasteiger partial charge in [0.1, 0.15) is 5.82 Å². The Labute approximate surface area is 158 Å². The van der Waals surface area contributed by atoms with E-state index in [0.717, 1.165) is 18.4 Å². The van der Waals surface area contributed by atoms with Crippen LogP contribution in [0.1, 0.15) is 56.3 Å². The molecule has 0 aliphatic carbocycles. The Kier molecular flexibility index (Phi) is 6.38. The van der Waals surface area contributed by atoms with Gasteiger partial charge < -0.3 is 4.74 Å². The predicted molar refractivity (Wildman–Crippen MR) is 103 cm³/mol. The van der Waals surface area contributed by atoms with E-state index in [1.54, 1.807) is 6.07 Å². The second-order valence-electron chi connectivity index (χ2n) is 7.18. The molecule has 3 rings (SSSR count). The number of benzene rings is 2. The summed E-state index contributed by atoms with van der Waals surface area (Å²) < 4.78 is 48.9. The third-order valence-corrected chi connectivity index (χ3v) is 5.32. The van der Waals surface area contributed by atoms with Crippen molar-refractivity contribution in [3.8, 4) is 11.1 Å². The molecule has 2 aromatic carbocycles. The summed E-state index contributed by atoms with van der Waals surface area (Å²) in [5.74, 6) is -2.08. The Hall–Kier alpha value is -2.07. The molecule has 1 aliphatic heterocycles. The lowest BCUT2D eigenvalue weighted by Gasteiger charge is -2.29. The van der Waals surface area contributed by atoms with E-state index in [9.17, 15) is 13.2 Å². The highest BCUT2D eigenvalue weighted by Crippen LogP contribution is 2.35. The summed E-state index contributed by atoms with van der Waals surface area (Å²) in [6.07, 6.45) is 6.56. The van der Waals surface area contributed by atoms with E-state index in [1.807, 2.05) is 0 Å². The van der Waals surface area contributed by atoms with Crippen molar-refractivity contribution in [2.24, 2.45) is 5.92 Å². The summed E-state index contributed by atoms with van der Waals surface area (Å²) in [7, 11) is 0. The van der Waals surface area contributed by atoms with Gasteiger partial charge in [0.25, 0.3) is 0 Å². The molecule has 1 fully saturated rings. The van der Waals surface area contributed by atoms with Crippen molar-refractivity contribution in [2.75, 3.05) is 6.61 Å². The van der Waals surface area contributed by atoms with E-state index in [1.165, 1.54) is 49.6 Å². The molecule has 0 N–H and O–H groups in total. The number of unbranched alkanes of at least 4 members (excludes halogenated alkanes) is 1. The van der Waals surface area contributed by atoms with Crippen LogP contribution >= 0.6 is 0 Å². The zero-order chi connectivity index (χ0) is 19.4. The van der Waals surface area contributed by atoms with E-state index in [-0.39, 0.29) is 22.8 Å². The highest BCUT2D eigenvalue weighted by atomic mass is 19.2. The fourth-order valence-corrected chi connectivity index (χ4v) is 3.67. The second-order valence-corrected chi connectivity index (χ2v) is 7.18. The highest BCUT2D eigenvalue weighted by molar-refractivity contribution is 5.67. The molecule has 27 heavy (non-hydrogen) atoms. The molecule has 0 bridgehead atoms. The molecule has 144 valence electrons. The van der Waals surface area contributed by atoms with Gasteiger partial charge in [-0.25, -0.2) is 13.2 Å². The lowest BCUT2D eigenvalue weighted by molar-refractivity contribution is -0.0199. The maximum Gasteiger partial charge on any atom is 0.167 e. The first kappa shape index (κ1) is 19.7. The Morgan fingerprint density at radius 1 is 1.07 bits per heavy atom. The summed E-state index contributed by atoms with van der Waals surface area (Å²) >= 11 is 0. The molecular formula is C23H25F3O. The lowest BCUT2D eigenvalue weighted by Crippen LogP contribution is -2.20. The predicted octanol–water partition coefficient (Wildman–Crippen LogP) is 7.07. The van der Waals surface area contributed by atoms with Gasteiger partial charge in [0.15, 0.2) is 11.6 Å². The van der Waals surface area contributed by atoms with Gasteiger partial charge in [-0.15, -0.1) is 0 Å². The zero-order valence-electron chi connectivity index (χ0n) is 15.6. The quantitative estimate of drug-likeness (QED) is 0.525. The van der Waals surface area contributed by atoms with E-state index in [4.69, 9.17) is 4.74 Å². The van der Waals surface area contributed by atoms with Crippen molar-refractivity contribution in [2.45, 2.75) is 45.1 Å². The van der Waals surface area contributed by atoms with Crippen molar-refractivity contribution >= 4 is 6.08 Å². The van der Waals surface area contributed by atoms with Gasteiger partial charge >= 0.3 is 0 Å². The fraction of sp³-hybridized carbons (Fsp3) is 0.391. The summed E-state index contributed by atoms with van der Waals surface area (Å²) in [5.41, 5.74) is 0.754. The van der Waals surface area contributed by atoms with E-state index >= 15 is 0 Å². The van der Waals surface area contributed by atoms with Crippen LogP contribution in [0.4, 0.5) is 13.2 Å². The Morgan fingerprint density at radius 2 is 1.85 bits per heavy atom. The monoisotopic (exact) mass is 374 g/mol. The van der Waals surface area contributed by atoms with Crippen LogP contribution in [0.3, 0.4) is 0 Å². The van der Waals surface area contributed by atoms with Crippen molar-refractivity contribution in [3.05, 3.63) is 65.5 Å². The van der Waals surface area contributed by atoms with Gasteiger partial charge in [0, 0.05) is 16.7 Å². The second kappa shape index (κ2) is 8.75. The van der Waals surface area contributed by atoms with Crippen LogP contribution in [0.15, 0.2) is 36.9 Å². The normalized spacial score (nSPS) is 19.9. The smallest absolute Gasteiger partial charge is 0.167 e. The molecule has 0 saturated carbocycles. The molecule has 1 saturated heterocycles. The van der Waals surface area contributed by atoms with E-state index in [2.05, 4.69) is 13.5 Å². The molecule has 0 radical (unpaired) electrons. The molecule has 0 aromatic heterocycles. The van der Waals surface area contributed by atoms with Gasteiger partial charge in [-0.05, 0) is 36.8 Å². The van der Waals surface area contributed by atoms with Crippen molar-refractivity contribution < 1.29 is 17.9 Å². The minimum Gasteiger partial charge on any atom is -0.373 e. The van der Waals surface area contributed by atoms with Crippen molar-refractivity contribution in [1.29, 1.82) is 0 Å². The Balaban J connectivity index is 1.77. The first-order chi connectivity index (χ1) is 13.0. The van der Waals surface area contributed by atoms with Crippen molar-refractivity contribution in [3.63, 3.8) is 0 Å². The van der Waals surface area contributed by atoms with E-state index < -0.39 is 17.5 Å². The van der Waals surface area contributed by atoms with Crippen LogP contribution in [0.5, 0.6) is 0 Å². The van der Waals surface area contributed by atoms with Gasteiger partial charge in [-0.3, -0.25) is 0 Å². The van der Waals surface area contributed by atoms with Crippen LogP contribution in [0.2, 0.25) is 0 Å². The number of halogens is 3. The van der Waals surface area contributed by atoms with Crippen LogP contribution in [0, 0.1) is 23.4 Å². The summed E-state index contributed by atoms with van der Waals surface area (Å²) in [6, 6.07) is 7.40. The summed E-state index contributed by atoms with van der Waals surface area (Å²) in [5, 5.41) is 0. The third kappa shape index (κ3) is 4.27. The molecule has 2 atom stereocenters. The molecule has 0 spiro atoms. The molecule has 0 amide bonds. The van der Waals surface area contributed by atoms with E-state index in [0.29, 0.717) is 12.5 Å². The largest absolute Gasteiger partial charge is 0.373 e. The first-order valence-corrected chi connectivity index (χ1v) is 9.57. The van der Waals surface area contributed by atoms with Crippen LogP contribution in [0.25, 0.3) is 17.2 Å². The minimum atomic E-state index is -1.06. The number of hydrogen-bond donors (Lipinski definition) is 0. The number of hydrogen-bond acceptors (Lipinski definition) is 1. The third-order valence-electron chi connectivity index (χ3n) is 5.32. The van der Waals surface area contributed by atoms with Crippen LogP contribution in [-0.4, -0.2) is 6.61 Å². The maximum atomic E-state index is 14.7. The molecule has 2 unspecified atom stereocenters. The highest BCUT2D eigenvalue weighted by Gasteiger charge is 2.24. The summed E-state index contributed by atoms with van der Waals surface area (Å²) in [6.45, 7) is 6.31. The average molecular weight is 374 g/mol. The topological polar surface area (TPSA) is 9.23 Å². The molecule has 1 nitrogen and oxygen atoms in total. The van der Waals surface area contributed by atoms with Crippen LogP contribution in [-0.2, 0) is 4.74 Å². The standard InChI is InChI=1S/C23H25F3O/c1-3-5-6-15-7-12-21(27-14-15)17-9-10-18(20(24)13-17)19-11-8-16(4-2)22(25)23(19)26/h4,8-11,13,15,21H,2-3,5-7,12,14H2,1H3. The van der Waals surface area contributed by atoms with Crippen molar-refractivity contribution in [1.82, 2.24) is 0 Å². The SMILES string of the molecule is C=Cc1ccc(-c2ccc(C3CCC(CCCC)CO3)cc2F)c(F)c1F. The van der Waals surface area contributed by atoms with Gasteiger partial charge in [0.2, 0.25) is 0 Å². The Morgan fingerprint density at radius 3 is 2.48 bits per heavy atom. The maximum absolute atomic E-state index is 14.7. The lowest BCUT2D eigenvalue weighted by atomic mass is 9.90. The fourth-order valence-electron chi connectivity index (χ4n) is 3.67. The average Bonchev–Trinajstić information content (AvgIpc) is 2.69. The first-order valence-electron chi connectivity index (χ1n) is 9.57. The van der Waals surface area contributed by atoms with Crippen LogP contribution < -0.4 is 0 Å². The molecule has 1 aliphatic rings. The minimum absolute atomic E-state index is 0.0439. The molecule has 2 aromatic rings. The Bertz CT molecular complexity index is 808. The molecule has 4 heteroatoms. The number of ether oxygens (including phenoxy) is 1. The number of rotatable bonds is 6. The van der Waals surface area contributed by atoms with Gasteiger partial charge in [0.05, 0.1) is 12.7 Å². The molecular weight excluding hydrogens is 349 g/mol. The zero-order valence-corrected chi connectivity index (χ0v) is 15.6. The molecule has 1 heterocycles. The van der Waals surface area contributed by atoms with Gasteiger partial charge in [-0.1, -0.05) is 56.7 Å². The van der Waals surface area contributed by atoms with Gasteiger partial charge in [-0.2, -0.15) is 0 Å². The summed E-state index contributed by atoms with van der Waals surface area (Å²) in [4.78, 5) is 0.